The summed E-state index contributed by atoms with van der Waals surface area (Å²) in [4.78, 5) is 25.3. The van der Waals surface area contributed by atoms with Crippen molar-refractivity contribution in [3.05, 3.63) is 41.9 Å². The summed E-state index contributed by atoms with van der Waals surface area (Å²) in [6.07, 6.45) is 4.05. The molecule has 5 N–H and O–H groups in total. The molecular formula is C24H25N9O3S. The number of carbonyl (C=O) groups excluding carboxylic acids is 1. The molecule has 4 aromatic heterocycles. The summed E-state index contributed by atoms with van der Waals surface area (Å²) in [5, 5.41) is 15.3. The van der Waals surface area contributed by atoms with Crippen molar-refractivity contribution in [1.29, 1.82) is 0 Å². The number of hydrogen-bond donors (Lipinski definition) is 4. The molecule has 2 aliphatic heterocycles. The van der Waals surface area contributed by atoms with E-state index >= 15 is 0 Å². The first kappa shape index (κ1) is 23.0. The number of ether oxygens (including phenoxy) is 1. The van der Waals surface area contributed by atoms with Crippen LogP contribution in [0.15, 0.2) is 30.6 Å². The van der Waals surface area contributed by atoms with Gasteiger partial charge in [0, 0.05) is 57.6 Å². The zero-order valence-corrected chi connectivity index (χ0v) is 20.9. The average molecular weight is 520 g/mol. The molecule has 0 spiro atoms. The standard InChI is InChI=1S/C24H25N9O3S/c1-13-16(8-28-24-22(13)29-11-37(2,35)12-36-24)18-5-14-6-19(27-9-17(14)23(25)30-18)31-20-7-15-3-4-26-21(34)10-33(15)32-20/h5-9,29H,2-4,10-12H2,1H3,(H2,25,30)(H,26,34)(H,27,31,32). The molecule has 13 heteroatoms. The van der Waals surface area contributed by atoms with E-state index in [0.717, 1.165) is 22.2 Å². The number of fused-ring (bicyclic) bond motifs is 3. The fraction of sp³-hybridized carbons (Fsp3) is 0.250. The summed E-state index contributed by atoms with van der Waals surface area (Å²) in [6, 6.07) is 5.71. The van der Waals surface area contributed by atoms with Gasteiger partial charge in [-0.15, -0.1) is 0 Å². The van der Waals surface area contributed by atoms with Gasteiger partial charge in [-0.2, -0.15) is 5.10 Å². The van der Waals surface area contributed by atoms with Gasteiger partial charge in [0.1, 0.15) is 23.9 Å². The highest BCUT2D eigenvalue weighted by Gasteiger charge is 2.21. The molecule has 6 heterocycles. The lowest BCUT2D eigenvalue weighted by molar-refractivity contribution is -0.121. The minimum absolute atomic E-state index is 0.00959. The van der Waals surface area contributed by atoms with Crippen molar-refractivity contribution < 1.29 is 13.7 Å². The molecule has 0 aliphatic carbocycles. The highest BCUT2D eigenvalue weighted by molar-refractivity contribution is 8.00. The predicted octanol–water partition coefficient (Wildman–Crippen LogP) is 1.63. The molecule has 0 saturated carbocycles. The highest BCUT2D eigenvalue weighted by Crippen LogP contribution is 2.36. The maximum atomic E-state index is 12.4. The van der Waals surface area contributed by atoms with E-state index in [9.17, 15) is 9.00 Å². The molecule has 12 nitrogen and oxygen atoms in total. The minimum atomic E-state index is -2.40. The van der Waals surface area contributed by atoms with Gasteiger partial charge in [-0.3, -0.25) is 13.7 Å². The first-order valence-electron chi connectivity index (χ1n) is 11.6. The van der Waals surface area contributed by atoms with Crippen molar-refractivity contribution in [2.45, 2.75) is 19.9 Å². The third-order valence-corrected chi connectivity index (χ3v) is 7.58. The number of nitrogen functional groups attached to an aromatic ring is 1. The van der Waals surface area contributed by atoms with Crippen molar-refractivity contribution in [1.82, 2.24) is 30.0 Å². The van der Waals surface area contributed by atoms with E-state index in [-0.39, 0.29) is 24.3 Å². The third kappa shape index (κ3) is 4.37. The first-order valence-corrected chi connectivity index (χ1v) is 13.7. The zero-order chi connectivity index (χ0) is 25.7. The van der Waals surface area contributed by atoms with Crippen molar-refractivity contribution in [2.24, 2.45) is 0 Å². The van der Waals surface area contributed by atoms with Crippen LogP contribution in [-0.4, -0.2) is 59.1 Å². The molecule has 2 aliphatic rings. The second-order valence-corrected chi connectivity index (χ2v) is 11.6. The fourth-order valence-electron chi connectivity index (χ4n) is 4.45. The number of nitrogens with zero attached hydrogens (tertiary/aromatic N) is 5. The van der Waals surface area contributed by atoms with Crippen LogP contribution in [0.1, 0.15) is 11.3 Å². The van der Waals surface area contributed by atoms with E-state index in [0.29, 0.717) is 53.1 Å². The summed E-state index contributed by atoms with van der Waals surface area (Å²) in [6.45, 7) is 2.70. The monoisotopic (exact) mass is 519 g/mol. The van der Waals surface area contributed by atoms with Gasteiger partial charge in [-0.1, -0.05) is 0 Å². The Balaban J connectivity index is 1.34. The quantitative estimate of drug-likeness (QED) is 0.293. The molecule has 1 amide bonds. The highest BCUT2D eigenvalue weighted by atomic mass is 32.2. The van der Waals surface area contributed by atoms with Crippen LogP contribution in [0, 0.1) is 6.92 Å². The van der Waals surface area contributed by atoms with Crippen molar-refractivity contribution in [3.63, 3.8) is 0 Å². The summed E-state index contributed by atoms with van der Waals surface area (Å²) < 4.78 is 19.8. The van der Waals surface area contributed by atoms with Crippen LogP contribution < -0.4 is 26.4 Å². The molecule has 0 fully saturated rings. The second kappa shape index (κ2) is 8.62. The molecule has 6 rings (SSSR count). The van der Waals surface area contributed by atoms with Gasteiger partial charge >= 0.3 is 0 Å². The van der Waals surface area contributed by atoms with E-state index < -0.39 is 9.52 Å². The lowest BCUT2D eigenvalue weighted by atomic mass is 10.0. The number of nitrogens with one attached hydrogen (secondary N) is 3. The topological polar surface area (TPSA) is 162 Å². The van der Waals surface area contributed by atoms with Gasteiger partial charge in [0.05, 0.1) is 11.6 Å². The predicted molar refractivity (Wildman–Crippen MR) is 143 cm³/mol. The Bertz CT molecular complexity index is 1680. The number of rotatable bonds is 3. The van der Waals surface area contributed by atoms with Crippen LogP contribution in [0.25, 0.3) is 22.0 Å². The molecule has 190 valence electrons. The Morgan fingerprint density at radius 2 is 2.05 bits per heavy atom. The Labute approximate surface area is 212 Å². The Morgan fingerprint density at radius 3 is 2.92 bits per heavy atom. The van der Waals surface area contributed by atoms with E-state index in [1.807, 2.05) is 25.1 Å². The van der Waals surface area contributed by atoms with Gasteiger partial charge in [0.2, 0.25) is 11.8 Å². The number of nitrogens with two attached hydrogens (primary N) is 1. The third-order valence-electron chi connectivity index (χ3n) is 6.36. The van der Waals surface area contributed by atoms with E-state index in [2.05, 4.69) is 41.9 Å². The molecule has 37 heavy (non-hydrogen) atoms. The molecule has 0 aromatic carbocycles. The second-order valence-electron chi connectivity index (χ2n) is 9.11. The van der Waals surface area contributed by atoms with Gasteiger partial charge < -0.3 is 26.4 Å². The number of pyridine rings is 3. The zero-order valence-electron chi connectivity index (χ0n) is 20.1. The van der Waals surface area contributed by atoms with E-state index in [1.54, 1.807) is 17.1 Å². The smallest absolute Gasteiger partial charge is 0.241 e. The number of aromatic nitrogens is 5. The van der Waals surface area contributed by atoms with Gasteiger partial charge in [0.25, 0.3) is 0 Å². The molecule has 1 unspecified atom stereocenters. The lowest BCUT2D eigenvalue weighted by Crippen LogP contribution is -2.25. The van der Waals surface area contributed by atoms with Crippen LogP contribution in [0.4, 0.5) is 23.1 Å². The molecular weight excluding hydrogens is 494 g/mol. The normalized spacial score (nSPS) is 19.0. The lowest BCUT2D eigenvalue weighted by Gasteiger charge is -2.14. The fourth-order valence-corrected chi connectivity index (χ4v) is 5.27. The number of amides is 1. The van der Waals surface area contributed by atoms with Gasteiger partial charge in [-0.05, 0) is 35.9 Å². The van der Waals surface area contributed by atoms with Crippen LogP contribution in [-0.2, 0) is 27.3 Å². The maximum Gasteiger partial charge on any atom is 0.241 e. The minimum Gasteiger partial charge on any atom is -0.463 e. The van der Waals surface area contributed by atoms with Crippen molar-refractivity contribution >= 4 is 55.2 Å². The molecule has 0 radical (unpaired) electrons. The van der Waals surface area contributed by atoms with E-state index in [1.165, 1.54) is 0 Å². The molecule has 0 bridgehead atoms. The molecule has 1 atom stereocenters. The Kier molecular flexibility index (Phi) is 5.37. The van der Waals surface area contributed by atoms with Crippen molar-refractivity contribution in [3.8, 4) is 17.1 Å². The van der Waals surface area contributed by atoms with Crippen LogP contribution in [0.5, 0.6) is 5.88 Å². The maximum absolute atomic E-state index is 12.4. The molecule has 4 aromatic rings. The van der Waals surface area contributed by atoms with E-state index in [4.69, 9.17) is 10.5 Å². The summed E-state index contributed by atoms with van der Waals surface area (Å²) >= 11 is 0. The van der Waals surface area contributed by atoms with Gasteiger partial charge in [0.15, 0.2) is 11.8 Å². The van der Waals surface area contributed by atoms with Crippen LogP contribution in [0.2, 0.25) is 0 Å². The Morgan fingerprint density at radius 1 is 1.19 bits per heavy atom. The Hall–Kier alpha value is -4.39. The van der Waals surface area contributed by atoms with Gasteiger partial charge in [-0.25, -0.2) is 15.0 Å². The first-order chi connectivity index (χ1) is 17.8. The summed E-state index contributed by atoms with van der Waals surface area (Å²) in [7, 11) is -2.40. The largest absolute Gasteiger partial charge is 0.463 e. The number of carbonyl (C=O) groups is 1. The number of hydrogen-bond acceptors (Lipinski definition) is 10. The SMILES string of the molecule is C=S1(=O)CNc2c(ncc(-c3cc4cc(Nc5cc6n(n5)CC(=O)NCC6)ncc4c(N)n3)c2C)OC1. The van der Waals surface area contributed by atoms with Crippen molar-refractivity contribution in [2.75, 3.05) is 34.7 Å². The summed E-state index contributed by atoms with van der Waals surface area (Å²) in [5.74, 6) is 5.80. The summed E-state index contributed by atoms with van der Waals surface area (Å²) in [5.41, 5.74) is 10.2. The number of anilines is 4. The molecule has 0 saturated heterocycles. The average Bonchev–Trinajstić information content (AvgIpc) is 3.01. The van der Waals surface area contributed by atoms with Crippen LogP contribution >= 0.6 is 0 Å². The van der Waals surface area contributed by atoms with Crippen LogP contribution in [0.3, 0.4) is 0 Å².